The summed E-state index contributed by atoms with van der Waals surface area (Å²) in [5.74, 6) is 0.540. The highest BCUT2D eigenvalue weighted by atomic mass is 79.9. The number of hydrogen-bond acceptors (Lipinski definition) is 2. The monoisotopic (exact) mass is 311 g/mol. The van der Waals surface area contributed by atoms with Gasteiger partial charge in [0.2, 0.25) is 0 Å². The van der Waals surface area contributed by atoms with Crippen LogP contribution in [-0.2, 0) is 11.3 Å². The fraction of sp³-hybridized carbons (Fsp3) is 0.600. The molecular weight excluding hydrogens is 290 g/mol. The Balaban J connectivity index is 1.82. The predicted octanol–water partition coefficient (Wildman–Crippen LogP) is 3.74. The van der Waals surface area contributed by atoms with Crippen LogP contribution in [0.2, 0.25) is 0 Å². The first kappa shape index (κ1) is 14.0. The normalized spacial score (nSPS) is 17.1. The van der Waals surface area contributed by atoms with E-state index in [1.54, 1.807) is 0 Å². The second-order valence-electron chi connectivity index (χ2n) is 5.37. The molecule has 2 nitrogen and oxygen atoms in total. The van der Waals surface area contributed by atoms with E-state index in [9.17, 15) is 0 Å². The smallest absolute Gasteiger partial charge is 0.0732 e. The Morgan fingerprint density at radius 1 is 1.33 bits per heavy atom. The van der Waals surface area contributed by atoms with Crippen molar-refractivity contribution in [2.45, 2.75) is 45.4 Å². The van der Waals surface area contributed by atoms with Crippen LogP contribution in [0.15, 0.2) is 28.7 Å². The van der Waals surface area contributed by atoms with Gasteiger partial charge in [-0.3, -0.25) is 0 Å². The molecule has 0 spiro atoms. The summed E-state index contributed by atoms with van der Waals surface area (Å²) in [4.78, 5) is 0. The van der Waals surface area contributed by atoms with E-state index in [1.807, 2.05) is 6.07 Å². The van der Waals surface area contributed by atoms with Gasteiger partial charge in [0.15, 0.2) is 0 Å². The van der Waals surface area contributed by atoms with Gasteiger partial charge in [0.05, 0.1) is 12.7 Å². The van der Waals surface area contributed by atoms with E-state index in [4.69, 9.17) is 4.74 Å². The van der Waals surface area contributed by atoms with Crippen molar-refractivity contribution < 1.29 is 4.74 Å². The first-order valence-electron chi connectivity index (χ1n) is 6.75. The molecule has 0 amide bonds. The van der Waals surface area contributed by atoms with E-state index in [-0.39, 0.29) is 6.10 Å². The first-order chi connectivity index (χ1) is 8.66. The van der Waals surface area contributed by atoms with Crippen molar-refractivity contribution in [3.63, 3.8) is 0 Å². The van der Waals surface area contributed by atoms with Crippen LogP contribution in [0.4, 0.5) is 0 Å². The molecule has 1 aromatic carbocycles. The summed E-state index contributed by atoms with van der Waals surface area (Å²) in [6, 6.07) is 9.00. The molecule has 18 heavy (non-hydrogen) atoms. The fourth-order valence-corrected chi connectivity index (χ4v) is 2.27. The summed E-state index contributed by atoms with van der Waals surface area (Å²) in [6.07, 6.45) is 2.95. The van der Waals surface area contributed by atoms with Gasteiger partial charge < -0.3 is 10.1 Å². The molecule has 0 saturated heterocycles. The summed E-state index contributed by atoms with van der Waals surface area (Å²) < 4.78 is 7.18. The topological polar surface area (TPSA) is 21.3 Å². The van der Waals surface area contributed by atoms with E-state index in [2.05, 4.69) is 53.3 Å². The second kappa shape index (κ2) is 6.69. The minimum Gasteiger partial charge on any atom is -0.372 e. The lowest BCUT2D eigenvalue weighted by molar-refractivity contribution is 0.0109. The Hall–Kier alpha value is -0.380. The zero-order valence-corrected chi connectivity index (χ0v) is 12.7. The van der Waals surface area contributed by atoms with Crippen LogP contribution < -0.4 is 5.32 Å². The molecular formula is C15H22BrNO. The molecule has 3 heteroatoms. The summed E-state index contributed by atoms with van der Waals surface area (Å²) in [6.45, 7) is 6.09. The number of benzene rings is 1. The van der Waals surface area contributed by atoms with E-state index in [1.165, 1.54) is 18.4 Å². The molecule has 1 aliphatic carbocycles. The number of halogens is 1. The summed E-state index contributed by atoms with van der Waals surface area (Å²) in [5.41, 5.74) is 1.22. The Bertz CT molecular complexity index is 377. The standard InChI is InChI=1S/C15H22BrNO/c1-11(2)15(9-17-13-7-8-13)18-10-12-5-3-4-6-14(12)16/h3-6,11,13,15,17H,7-10H2,1-2H3. The van der Waals surface area contributed by atoms with Gasteiger partial charge in [-0.25, -0.2) is 0 Å². The number of rotatable bonds is 7. The lowest BCUT2D eigenvalue weighted by Gasteiger charge is -2.22. The molecule has 2 rings (SSSR count). The highest BCUT2D eigenvalue weighted by molar-refractivity contribution is 9.10. The number of nitrogens with one attached hydrogen (secondary N) is 1. The third kappa shape index (κ3) is 4.38. The van der Waals surface area contributed by atoms with Crippen LogP contribution in [0.1, 0.15) is 32.3 Å². The molecule has 1 aromatic rings. The minimum atomic E-state index is 0.290. The van der Waals surface area contributed by atoms with Gasteiger partial charge in [-0.15, -0.1) is 0 Å². The van der Waals surface area contributed by atoms with Gasteiger partial charge >= 0.3 is 0 Å². The zero-order valence-electron chi connectivity index (χ0n) is 11.2. The Kier molecular flexibility index (Phi) is 5.22. The molecule has 0 aromatic heterocycles. The highest BCUT2D eigenvalue weighted by Crippen LogP contribution is 2.21. The van der Waals surface area contributed by atoms with Crippen LogP contribution in [0.25, 0.3) is 0 Å². The fourth-order valence-electron chi connectivity index (χ4n) is 1.87. The average molecular weight is 312 g/mol. The third-order valence-electron chi connectivity index (χ3n) is 3.34. The molecule has 0 bridgehead atoms. The van der Waals surface area contributed by atoms with Gasteiger partial charge in [0.25, 0.3) is 0 Å². The van der Waals surface area contributed by atoms with Gasteiger partial charge in [-0.1, -0.05) is 48.0 Å². The van der Waals surface area contributed by atoms with Crippen molar-refractivity contribution in [3.05, 3.63) is 34.3 Å². The van der Waals surface area contributed by atoms with Crippen molar-refractivity contribution in [3.8, 4) is 0 Å². The lowest BCUT2D eigenvalue weighted by atomic mass is 10.1. The van der Waals surface area contributed by atoms with Crippen LogP contribution in [0.5, 0.6) is 0 Å². The van der Waals surface area contributed by atoms with E-state index in [0.717, 1.165) is 17.1 Å². The maximum absolute atomic E-state index is 6.06. The highest BCUT2D eigenvalue weighted by Gasteiger charge is 2.23. The summed E-state index contributed by atoms with van der Waals surface area (Å²) in [5, 5.41) is 3.55. The van der Waals surface area contributed by atoms with Crippen LogP contribution in [0.3, 0.4) is 0 Å². The molecule has 1 aliphatic rings. The van der Waals surface area contributed by atoms with Crippen molar-refractivity contribution in [2.24, 2.45) is 5.92 Å². The molecule has 0 aliphatic heterocycles. The first-order valence-corrected chi connectivity index (χ1v) is 7.54. The maximum atomic E-state index is 6.06. The van der Waals surface area contributed by atoms with Gasteiger partial charge in [0, 0.05) is 17.1 Å². The van der Waals surface area contributed by atoms with Crippen LogP contribution >= 0.6 is 15.9 Å². The molecule has 0 heterocycles. The SMILES string of the molecule is CC(C)C(CNC1CC1)OCc1ccccc1Br. The lowest BCUT2D eigenvalue weighted by Crippen LogP contribution is -2.34. The number of hydrogen-bond donors (Lipinski definition) is 1. The summed E-state index contributed by atoms with van der Waals surface area (Å²) in [7, 11) is 0. The predicted molar refractivity (Wildman–Crippen MR) is 78.6 cm³/mol. The minimum absolute atomic E-state index is 0.290. The Morgan fingerprint density at radius 2 is 2.06 bits per heavy atom. The van der Waals surface area contributed by atoms with E-state index in [0.29, 0.717) is 12.5 Å². The second-order valence-corrected chi connectivity index (χ2v) is 6.22. The van der Waals surface area contributed by atoms with Crippen molar-refractivity contribution in [1.82, 2.24) is 5.32 Å². The van der Waals surface area contributed by atoms with E-state index >= 15 is 0 Å². The number of ether oxygens (including phenoxy) is 1. The molecule has 1 unspecified atom stereocenters. The van der Waals surface area contributed by atoms with Gasteiger partial charge in [0.1, 0.15) is 0 Å². The quantitative estimate of drug-likeness (QED) is 0.828. The third-order valence-corrected chi connectivity index (χ3v) is 4.11. The van der Waals surface area contributed by atoms with Crippen LogP contribution in [-0.4, -0.2) is 18.7 Å². The van der Waals surface area contributed by atoms with Gasteiger partial charge in [-0.05, 0) is 30.4 Å². The molecule has 1 saturated carbocycles. The largest absolute Gasteiger partial charge is 0.372 e. The van der Waals surface area contributed by atoms with Gasteiger partial charge in [-0.2, -0.15) is 0 Å². The van der Waals surface area contributed by atoms with Crippen molar-refractivity contribution in [2.75, 3.05) is 6.54 Å². The molecule has 1 N–H and O–H groups in total. The maximum Gasteiger partial charge on any atom is 0.0732 e. The average Bonchev–Trinajstić information content (AvgIpc) is 3.14. The molecule has 0 radical (unpaired) electrons. The Morgan fingerprint density at radius 3 is 2.67 bits per heavy atom. The summed E-state index contributed by atoms with van der Waals surface area (Å²) >= 11 is 3.56. The Labute approximate surface area is 118 Å². The van der Waals surface area contributed by atoms with Crippen molar-refractivity contribution in [1.29, 1.82) is 0 Å². The van der Waals surface area contributed by atoms with Crippen LogP contribution in [0, 0.1) is 5.92 Å². The van der Waals surface area contributed by atoms with Crippen molar-refractivity contribution >= 4 is 15.9 Å². The zero-order chi connectivity index (χ0) is 13.0. The van der Waals surface area contributed by atoms with E-state index < -0.39 is 0 Å². The molecule has 1 atom stereocenters. The molecule has 100 valence electrons. The molecule has 1 fully saturated rings.